The normalized spacial score (nSPS) is 11.7. The SMILES string of the molecule is CC(C)(C)c1ccccc1-c1ccon1. The summed E-state index contributed by atoms with van der Waals surface area (Å²) in [7, 11) is 0. The summed E-state index contributed by atoms with van der Waals surface area (Å²) in [6, 6.07) is 10.2. The van der Waals surface area contributed by atoms with E-state index in [1.807, 2.05) is 12.1 Å². The summed E-state index contributed by atoms with van der Waals surface area (Å²) >= 11 is 0. The van der Waals surface area contributed by atoms with Crippen LogP contribution in [0.25, 0.3) is 11.3 Å². The number of nitrogens with zero attached hydrogens (tertiary/aromatic N) is 1. The Hall–Kier alpha value is -1.57. The Balaban J connectivity index is 2.58. The molecule has 0 radical (unpaired) electrons. The van der Waals surface area contributed by atoms with Gasteiger partial charge in [0.25, 0.3) is 0 Å². The van der Waals surface area contributed by atoms with E-state index in [1.54, 1.807) is 6.26 Å². The third kappa shape index (κ3) is 1.94. The van der Waals surface area contributed by atoms with Gasteiger partial charge in [-0.2, -0.15) is 0 Å². The van der Waals surface area contributed by atoms with Gasteiger partial charge in [-0.15, -0.1) is 0 Å². The fourth-order valence-electron chi connectivity index (χ4n) is 1.71. The molecule has 0 saturated heterocycles. The van der Waals surface area contributed by atoms with Crippen molar-refractivity contribution in [3.8, 4) is 11.3 Å². The standard InChI is InChI=1S/C13H15NO/c1-13(2,3)11-7-5-4-6-10(11)12-8-9-15-14-12/h4-9H,1-3H3. The summed E-state index contributed by atoms with van der Waals surface area (Å²) < 4.78 is 4.89. The summed E-state index contributed by atoms with van der Waals surface area (Å²) in [5.41, 5.74) is 3.47. The van der Waals surface area contributed by atoms with Crippen LogP contribution in [0.2, 0.25) is 0 Å². The molecule has 2 heteroatoms. The Morgan fingerprint density at radius 2 is 1.80 bits per heavy atom. The van der Waals surface area contributed by atoms with Gasteiger partial charge in [0.1, 0.15) is 12.0 Å². The predicted molar refractivity (Wildman–Crippen MR) is 60.6 cm³/mol. The lowest BCUT2D eigenvalue weighted by molar-refractivity contribution is 0.422. The molecule has 0 aliphatic rings. The summed E-state index contributed by atoms with van der Waals surface area (Å²) in [5.74, 6) is 0. The van der Waals surface area contributed by atoms with Gasteiger partial charge in [0.2, 0.25) is 0 Å². The first-order chi connectivity index (χ1) is 7.09. The second-order valence-corrected chi connectivity index (χ2v) is 4.68. The first-order valence-corrected chi connectivity index (χ1v) is 5.09. The molecular formula is C13H15NO. The van der Waals surface area contributed by atoms with Gasteiger partial charge in [-0.25, -0.2) is 0 Å². The smallest absolute Gasteiger partial charge is 0.124 e. The van der Waals surface area contributed by atoms with Crippen LogP contribution in [0.1, 0.15) is 26.3 Å². The Morgan fingerprint density at radius 1 is 1.07 bits per heavy atom. The number of rotatable bonds is 1. The zero-order chi connectivity index (χ0) is 10.9. The molecule has 1 aromatic carbocycles. The van der Waals surface area contributed by atoms with E-state index in [2.05, 4.69) is 44.1 Å². The largest absolute Gasteiger partial charge is 0.364 e. The van der Waals surface area contributed by atoms with Crippen molar-refractivity contribution >= 4 is 0 Å². The fourth-order valence-corrected chi connectivity index (χ4v) is 1.71. The first kappa shape index (κ1) is 9.97. The molecule has 15 heavy (non-hydrogen) atoms. The second kappa shape index (κ2) is 3.54. The van der Waals surface area contributed by atoms with Gasteiger partial charge in [0, 0.05) is 11.6 Å². The summed E-state index contributed by atoms with van der Waals surface area (Å²) in [4.78, 5) is 0. The maximum atomic E-state index is 4.89. The minimum Gasteiger partial charge on any atom is -0.364 e. The maximum absolute atomic E-state index is 4.89. The van der Waals surface area contributed by atoms with Crippen LogP contribution >= 0.6 is 0 Å². The molecule has 1 heterocycles. The molecule has 2 nitrogen and oxygen atoms in total. The molecule has 0 aliphatic carbocycles. The van der Waals surface area contributed by atoms with Crippen LogP contribution in [0.5, 0.6) is 0 Å². The molecule has 0 N–H and O–H groups in total. The molecular weight excluding hydrogens is 186 g/mol. The topological polar surface area (TPSA) is 26.0 Å². The van der Waals surface area contributed by atoms with Crippen LogP contribution in [-0.4, -0.2) is 5.16 Å². The van der Waals surface area contributed by atoms with Gasteiger partial charge in [-0.3, -0.25) is 0 Å². The van der Waals surface area contributed by atoms with Crippen LogP contribution in [0, 0.1) is 0 Å². The van der Waals surface area contributed by atoms with Crippen LogP contribution in [0.4, 0.5) is 0 Å². The van der Waals surface area contributed by atoms with Crippen LogP contribution < -0.4 is 0 Å². The van der Waals surface area contributed by atoms with Crippen molar-refractivity contribution in [3.05, 3.63) is 42.2 Å². The molecule has 0 aliphatic heterocycles. The van der Waals surface area contributed by atoms with E-state index in [4.69, 9.17) is 4.52 Å². The minimum atomic E-state index is 0.121. The van der Waals surface area contributed by atoms with Crippen molar-refractivity contribution in [2.45, 2.75) is 26.2 Å². The quantitative estimate of drug-likeness (QED) is 0.704. The third-order valence-electron chi connectivity index (χ3n) is 2.45. The number of benzene rings is 1. The van der Waals surface area contributed by atoms with E-state index in [0.29, 0.717) is 0 Å². The fraction of sp³-hybridized carbons (Fsp3) is 0.308. The van der Waals surface area contributed by atoms with E-state index in [-0.39, 0.29) is 5.41 Å². The average Bonchev–Trinajstić information content (AvgIpc) is 2.69. The van der Waals surface area contributed by atoms with Crippen LogP contribution in [0.3, 0.4) is 0 Å². The second-order valence-electron chi connectivity index (χ2n) is 4.68. The molecule has 0 atom stereocenters. The van der Waals surface area contributed by atoms with Crippen molar-refractivity contribution in [3.63, 3.8) is 0 Å². The highest BCUT2D eigenvalue weighted by atomic mass is 16.5. The van der Waals surface area contributed by atoms with E-state index in [1.165, 1.54) is 5.56 Å². The highest BCUT2D eigenvalue weighted by Crippen LogP contribution is 2.31. The van der Waals surface area contributed by atoms with E-state index in [0.717, 1.165) is 11.3 Å². The van der Waals surface area contributed by atoms with Crippen LogP contribution in [0.15, 0.2) is 41.1 Å². The molecule has 0 saturated carbocycles. The lowest BCUT2D eigenvalue weighted by Gasteiger charge is -2.21. The van der Waals surface area contributed by atoms with E-state index in [9.17, 15) is 0 Å². The minimum absolute atomic E-state index is 0.121. The zero-order valence-corrected chi connectivity index (χ0v) is 9.32. The lowest BCUT2D eigenvalue weighted by Crippen LogP contribution is -2.12. The third-order valence-corrected chi connectivity index (χ3v) is 2.45. The summed E-state index contributed by atoms with van der Waals surface area (Å²) in [6.07, 6.45) is 1.61. The molecule has 0 fully saturated rings. The molecule has 2 aromatic rings. The van der Waals surface area contributed by atoms with E-state index >= 15 is 0 Å². The number of hydrogen-bond acceptors (Lipinski definition) is 2. The molecule has 0 bridgehead atoms. The van der Waals surface area contributed by atoms with Crippen molar-refractivity contribution in [1.29, 1.82) is 0 Å². The van der Waals surface area contributed by atoms with Crippen LogP contribution in [-0.2, 0) is 5.41 Å². The van der Waals surface area contributed by atoms with Crippen molar-refractivity contribution < 1.29 is 4.52 Å². The summed E-state index contributed by atoms with van der Waals surface area (Å²) in [5, 5.41) is 3.99. The monoisotopic (exact) mass is 201 g/mol. The van der Waals surface area contributed by atoms with Gasteiger partial charge in [-0.05, 0) is 11.0 Å². The number of hydrogen-bond donors (Lipinski definition) is 0. The maximum Gasteiger partial charge on any atom is 0.124 e. The molecule has 0 unspecified atom stereocenters. The zero-order valence-electron chi connectivity index (χ0n) is 9.32. The number of aromatic nitrogens is 1. The lowest BCUT2D eigenvalue weighted by atomic mass is 9.83. The van der Waals surface area contributed by atoms with Gasteiger partial charge >= 0.3 is 0 Å². The van der Waals surface area contributed by atoms with Crippen molar-refractivity contribution in [2.75, 3.05) is 0 Å². The first-order valence-electron chi connectivity index (χ1n) is 5.09. The molecule has 1 aromatic heterocycles. The van der Waals surface area contributed by atoms with E-state index < -0.39 is 0 Å². The Morgan fingerprint density at radius 3 is 2.40 bits per heavy atom. The highest BCUT2D eigenvalue weighted by Gasteiger charge is 2.18. The van der Waals surface area contributed by atoms with Gasteiger partial charge in [0.15, 0.2) is 0 Å². The molecule has 2 rings (SSSR count). The van der Waals surface area contributed by atoms with Gasteiger partial charge in [-0.1, -0.05) is 50.2 Å². The average molecular weight is 201 g/mol. The van der Waals surface area contributed by atoms with Gasteiger partial charge < -0.3 is 4.52 Å². The highest BCUT2D eigenvalue weighted by molar-refractivity contribution is 5.64. The predicted octanol–water partition coefficient (Wildman–Crippen LogP) is 3.64. The molecule has 0 spiro atoms. The van der Waals surface area contributed by atoms with Gasteiger partial charge in [0.05, 0.1) is 0 Å². The Bertz CT molecular complexity index is 438. The summed E-state index contributed by atoms with van der Waals surface area (Å²) in [6.45, 7) is 6.60. The molecule has 0 amide bonds. The van der Waals surface area contributed by atoms with Crippen molar-refractivity contribution in [1.82, 2.24) is 5.16 Å². The Labute approximate surface area is 89.9 Å². The molecule has 78 valence electrons. The van der Waals surface area contributed by atoms with Crippen molar-refractivity contribution in [2.24, 2.45) is 0 Å². The Kier molecular flexibility index (Phi) is 2.35.